The monoisotopic (exact) mass is 549 g/mol. The number of amides is 1. The van der Waals surface area contributed by atoms with Gasteiger partial charge in [0.05, 0.1) is 7.11 Å². The van der Waals surface area contributed by atoms with E-state index in [1.807, 2.05) is 115 Å². The van der Waals surface area contributed by atoms with Gasteiger partial charge in [-0.2, -0.15) is 0 Å². The van der Waals surface area contributed by atoms with Crippen molar-refractivity contribution in [1.82, 2.24) is 5.32 Å². The molecule has 0 radical (unpaired) electrons. The standard InChI is InChI=1S/C38H31NO3/c1-42-36(40)35(26-34-32-23-13-11-15-27(32)25-28-16-12-14-24-33(28)34)39-37(41)38(29-17-5-2-6-18-29,30-19-7-3-8-20-30)31-21-9-4-10-22-31/h2-25,35H,26H2,1H3,(H,39,41)/t35-/m1/s1. The van der Waals surface area contributed by atoms with Gasteiger partial charge in [-0.05, 0) is 49.9 Å². The Labute approximate surface area is 245 Å². The summed E-state index contributed by atoms with van der Waals surface area (Å²) in [7, 11) is 1.36. The molecule has 0 aliphatic heterocycles. The molecule has 0 aromatic heterocycles. The summed E-state index contributed by atoms with van der Waals surface area (Å²) in [6, 6.07) is 46.7. The van der Waals surface area contributed by atoms with Crippen molar-refractivity contribution >= 4 is 33.4 Å². The number of methoxy groups -OCH3 is 1. The lowest BCUT2D eigenvalue weighted by Gasteiger charge is -2.35. The van der Waals surface area contributed by atoms with E-state index in [1.54, 1.807) is 0 Å². The molecule has 0 saturated heterocycles. The van der Waals surface area contributed by atoms with Crippen molar-refractivity contribution in [3.8, 4) is 0 Å². The van der Waals surface area contributed by atoms with Gasteiger partial charge in [-0.15, -0.1) is 0 Å². The first-order valence-electron chi connectivity index (χ1n) is 14.1. The fourth-order valence-corrected chi connectivity index (χ4v) is 6.09. The Kier molecular flexibility index (Phi) is 7.52. The van der Waals surface area contributed by atoms with E-state index in [9.17, 15) is 9.59 Å². The van der Waals surface area contributed by atoms with Crippen LogP contribution in [0.15, 0.2) is 146 Å². The van der Waals surface area contributed by atoms with Crippen LogP contribution >= 0.6 is 0 Å². The van der Waals surface area contributed by atoms with Gasteiger partial charge in [0.15, 0.2) is 0 Å². The quantitative estimate of drug-likeness (QED) is 0.124. The van der Waals surface area contributed by atoms with E-state index in [4.69, 9.17) is 4.74 Å². The first-order chi connectivity index (χ1) is 20.6. The van der Waals surface area contributed by atoms with Crippen molar-refractivity contribution in [2.75, 3.05) is 7.11 Å². The molecule has 4 heteroatoms. The second kappa shape index (κ2) is 11.7. The summed E-state index contributed by atoms with van der Waals surface area (Å²) in [5.41, 5.74) is 2.19. The minimum atomic E-state index is -1.21. The highest BCUT2D eigenvalue weighted by Gasteiger charge is 2.45. The van der Waals surface area contributed by atoms with E-state index >= 15 is 0 Å². The molecule has 0 fully saturated rings. The summed E-state index contributed by atoms with van der Waals surface area (Å²) in [6.45, 7) is 0. The molecule has 206 valence electrons. The lowest BCUT2D eigenvalue weighted by molar-refractivity contribution is -0.145. The largest absolute Gasteiger partial charge is 0.467 e. The normalized spacial score (nSPS) is 12.1. The van der Waals surface area contributed by atoms with Gasteiger partial charge in [0.25, 0.3) is 0 Å². The molecule has 0 spiro atoms. The molecular weight excluding hydrogens is 518 g/mol. The highest BCUT2D eigenvalue weighted by molar-refractivity contribution is 6.03. The van der Waals surface area contributed by atoms with Gasteiger partial charge >= 0.3 is 5.97 Å². The maximum Gasteiger partial charge on any atom is 0.328 e. The minimum Gasteiger partial charge on any atom is -0.467 e. The molecule has 1 N–H and O–H groups in total. The van der Waals surface area contributed by atoms with E-state index in [-0.39, 0.29) is 12.3 Å². The predicted molar refractivity (Wildman–Crippen MR) is 168 cm³/mol. The van der Waals surface area contributed by atoms with E-state index < -0.39 is 17.4 Å². The van der Waals surface area contributed by atoms with Crippen LogP contribution in [0.25, 0.3) is 21.5 Å². The van der Waals surface area contributed by atoms with Gasteiger partial charge in [0.2, 0.25) is 5.91 Å². The van der Waals surface area contributed by atoms with E-state index in [1.165, 1.54) is 7.11 Å². The fraction of sp³-hybridized carbons (Fsp3) is 0.105. The maximum atomic E-state index is 14.9. The van der Waals surface area contributed by atoms with E-state index in [2.05, 4.69) is 35.6 Å². The zero-order valence-electron chi connectivity index (χ0n) is 23.4. The van der Waals surface area contributed by atoms with Crippen LogP contribution in [0.4, 0.5) is 0 Å². The summed E-state index contributed by atoms with van der Waals surface area (Å²) in [5.74, 6) is -0.797. The van der Waals surface area contributed by atoms with Crippen molar-refractivity contribution in [3.05, 3.63) is 168 Å². The smallest absolute Gasteiger partial charge is 0.328 e. The Balaban J connectivity index is 1.51. The first-order valence-corrected chi connectivity index (χ1v) is 14.1. The predicted octanol–water partition coefficient (Wildman–Crippen LogP) is 7.23. The summed E-state index contributed by atoms with van der Waals surface area (Å²) < 4.78 is 5.29. The average molecular weight is 550 g/mol. The van der Waals surface area contributed by atoms with Crippen molar-refractivity contribution in [1.29, 1.82) is 0 Å². The molecule has 6 aromatic carbocycles. The maximum absolute atomic E-state index is 14.9. The molecule has 6 rings (SSSR count). The number of rotatable bonds is 8. The topological polar surface area (TPSA) is 55.4 Å². The number of hydrogen-bond acceptors (Lipinski definition) is 3. The third kappa shape index (κ3) is 4.82. The van der Waals surface area contributed by atoms with Crippen LogP contribution in [0.5, 0.6) is 0 Å². The Morgan fingerprint density at radius 3 is 1.45 bits per heavy atom. The molecule has 0 aliphatic carbocycles. The molecule has 1 amide bonds. The summed E-state index contributed by atoms with van der Waals surface area (Å²) in [5, 5.41) is 7.41. The molecule has 4 nitrogen and oxygen atoms in total. The highest BCUT2D eigenvalue weighted by Crippen LogP contribution is 2.40. The molecule has 42 heavy (non-hydrogen) atoms. The first kappa shape index (κ1) is 27.0. The second-order valence-corrected chi connectivity index (χ2v) is 10.4. The molecular formula is C38H31NO3. The minimum absolute atomic E-state index is 0.273. The van der Waals surface area contributed by atoms with Gasteiger partial charge in [-0.1, -0.05) is 140 Å². The van der Waals surface area contributed by atoms with Crippen LogP contribution in [0, 0.1) is 0 Å². The van der Waals surface area contributed by atoms with Crippen LogP contribution in [0.1, 0.15) is 22.3 Å². The Morgan fingerprint density at radius 2 is 1.02 bits per heavy atom. The Hall–Kier alpha value is -5.22. The molecule has 0 bridgehead atoms. The van der Waals surface area contributed by atoms with Crippen molar-refractivity contribution in [2.24, 2.45) is 0 Å². The number of fused-ring (bicyclic) bond motifs is 2. The zero-order chi connectivity index (χ0) is 28.9. The van der Waals surface area contributed by atoms with Crippen LogP contribution in [0.3, 0.4) is 0 Å². The number of carbonyl (C=O) groups is 2. The Bertz CT molecular complexity index is 1700. The van der Waals surface area contributed by atoms with Gasteiger partial charge in [-0.3, -0.25) is 4.79 Å². The SMILES string of the molecule is COC(=O)[C@@H](Cc1c2ccccc2cc2ccccc12)NC(=O)C(c1ccccc1)(c1ccccc1)c1ccccc1. The van der Waals surface area contributed by atoms with Crippen LogP contribution in [0.2, 0.25) is 0 Å². The molecule has 0 saturated carbocycles. The molecule has 0 aliphatic rings. The second-order valence-electron chi connectivity index (χ2n) is 10.4. The van der Waals surface area contributed by atoms with Crippen molar-refractivity contribution < 1.29 is 14.3 Å². The number of nitrogens with one attached hydrogen (secondary N) is 1. The lowest BCUT2D eigenvalue weighted by Crippen LogP contribution is -2.52. The number of benzene rings is 6. The van der Waals surface area contributed by atoms with Crippen LogP contribution in [-0.4, -0.2) is 25.0 Å². The zero-order valence-corrected chi connectivity index (χ0v) is 23.4. The van der Waals surface area contributed by atoms with Crippen LogP contribution in [-0.2, 0) is 26.2 Å². The van der Waals surface area contributed by atoms with E-state index in [0.29, 0.717) is 0 Å². The average Bonchev–Trinajstić information content (AvgIpc) is 3.05. The third-order valence-electron chi connectivity index (χ3n) is 8.04. The summed E-state index contributed by atoms with van der Waals surface area (Å²) in [4.78, 5) is 28.3. The van der Waals surface area contributed by atoms with E-state index in [0.717, 1.165) is 43.8 Å². The van der Waals surface area contributed by atoms with Gasteiger partial charge < -0.3 is 10.1 Å². The number of ether oxygens (including phenoxy) is 1. The third-order valence-corrected chi connectivity index (χ3v) is 8.04. The number of esters is 1. The van der Waals surface area contributed by atoms with Crippen LogP contribution < -0.4 is 5.32 Å². The van der Waals surface area contributed by atoms with Gasteiger partial charge in [0, 0.05) is 6.42 Å². The highest BCUT2D eigenvalue weighted by atomic mass is 16.5. The number of hydrogen-bond donors (Lipinski definition) is 1. The summed E-state index contributed by atoms with van der Waals surface area (Å²) >= 11 is 0. The molecule has 1 atom stereocenters. The summed E-state index contributed by atoms with van der Waals surface area (Å²) in [6.07, 6.45) is 0.273. The lowest BCUT2D eigenvalue weighted by atomic mass is 9.68. The molecule has 0 heterocycles. The molecule has 6 aromatic rings. The van der Waals surface area contributed by atoms with Gasteiger partial charge in [0.1, 0.15) is 11.5 Å². The van der Waals surface area contributed by atoms with Crippen molar-refractivity contribution in [3.63, 3.8) is 0 Å². The molecule has 0 unspecified atom stereocenters. The van der Waals surface area contributed by atoms with Gasteiger partial charge in [-0.25, -0.2) is 4.79 Å². The van der Waals surface area contributed by atoms with Crippen molar-refractivity contribution in [2.45, 2.75) is 17.9 Å². The fourth-order valence-electron chi connectivity index (χ4n) is 6.09. The Morgan fingerprint density at radius 1 is 0.619 bits per heavy atom. The number of carbonyl (C=O) groups excluding carboxylic acids is 2.